The normalized spacial score (nSPS) is 18.3. The molecule has 0 spiro atoms. The smallest absolute Gasteiger partial charge is 0.256 e. The van der Waals surface area contributed by atoms with Gasteiger partial charge in [-0.3, -0.25) is 14.5 Å². The number of likely N-dealkylation sites (tertiary alicyclic amines) is 2. The number of halogens is 4. The fraction of sp³-hybridized carbons (Fsp3) is 0.576. The quantitative estimate of drug-likeness (QED) is 0.275. The van der Waals surface area contributed by atoms with Crippen LogP contribution < -0.4 is 0 Å². The van der Waals surface area contributed by atoms with Gasteiger partial charge in [0.25, 0.3) is 5.91 Å². The number of hydrogen-bond donors (Lipinski definition) is 0. The number of benzene rings is 2. The van der Waals surface area contributed by atoms with Gasteiger partial charge in [0, 0.05) is 51.8 Å². The summed E-state index contributed by atoms with van der Waals surface area (Å²) in [6.45, 7) is 10.2. The summed E-state index contributed by atoms with van der Waals surface area (Å²) in [4.78, 5) is 35.4. The van der Waals surface area contributed by atoms with Gasteiger partial charge in [0.15, 0.2) is 0 Å². The highest BCUT2D eigenvalue weighted by molar-refractivity contribution is 6.42. The van der Waals surface area contributed by atoms with Crippen molar-refractivity contribution in [1.29, 1.82) is 0 Å². The molecule has 2 saturated heterocycles. The third-order valence-electron chi connectivity index (χ3n) is 9.30. The number of nitrogens with zero attached hydrogens (tertiary/aromatic N) is 4. The van der Waals surface area contributed by atoms with Crippen LogP contribution in [0.15, 0.2) is 36.4 Å². The number of carbonyl (C=O) groups excluding carboxylic acids is 2. The zero-order valence-corrected chi connectivity index (χ0v) is 27.1. The van der Waals surface area contributed by atoms with Gasteiger partial charge in [0.1, 0.15) is 17.2 Å². The van der Waals surface area contributed by atoms with Crippen molar-refractivity contribution in [3.63, 3.8) is 0 Å². The first-order valence-corrected chi connectivity index (χ1v) is 16.3. The minimum Gasteiger partial charge on any atom is -0.342 e. The largest absolute Gasteiger partial charge is 0.342 e. The van der Waals surface area contributed by atoms with Crippen molar-refractivity contribution in [2.24, 2.45) is 0 Å². The van der Waals surface area contributed by atoms with Crippen LogP contribution in [0.5, 0.6) is 0 Å². The summed E-state index contributed by atoms with van der Waals surface area (Å²) in [7, 11) is 1.63. The molecule has 6 nitrogen and oxygen atoms in total. The maximum absolute atomic E-state index is 14.4. The SMILES string of the molecule is CCN(CC)C(=O)C1(N2CCCCC2)CCN(CCC(CN(C)C(=O)c2ccc(F)cc2F)c2ccc(Cl)c(Cl)c2)CC1. The van der Waals surface area contributed by atoms with Crippen LogP contribution in [0.3, 0.4) is 0 Å². The average molecular weight is 638 g/mol. The van der Waals surface area contributed by atoms with Gasteiger partial charge >= 0.3 is 0 Å². The number of amides is 2. The lowest BCUT2D eigenvalue weighted by Gasteiger charge is -2.50. The number of piperidine rings is 2. The summed E-state index contributed by atoms with van der Waals surface area (Å²) in [5, 5.41) is 0.881. The molecule has 0 saturated carbocycles. The third kappa shape index (κ3) is 7.88. The molecule has 0 aromatic heterocycles. The molecule has 2 fully saturated rings. The molecular weight excluding hydrogens is 593 g/mol. The summed E-state index contributed by atoms with van der Waals surface area (Å²) in [5.41, 5.74) is 0.322. The second-order valence-corrected chi connectivity index (χ2v) is 12.7. The van der Waals surface area contributed by atoms with Crippen molar-refractivity contribution >= 4 is 35.0 Å². The van der Waals surface area contributed by atoms with E-state index in [1.807, 2.05) is 17.0 Å². The second-order valence-electron chi connectivity index (χ2n) is 11.9. The Morgan fingerprint density at radius 2 is 1.60 bits per heavy atom. The average Bonchev–Trinajstić information content (AvgIpc) is 3.01. The van der Waals surface area contributed by atoms with Crippen LogP contribution in [0.4, 0.5) is 8.78 Å². The molecule has 2 aromatic carbocycles. The van der Waals surface area contributed by atoms with Crippen LogP contribution in [-0.4, -0.2) is 96.4 Å². The van der Waals surface area contributed by atoms with E-state index in [0.717, 1.165) is 82.5 Å². The van der Waals surface area contributed by atoms with E-state index in [9.17, 15) is 18.4 Å². The molecule has 1 unspecified atom stereocenters. The molecule has 1 atom stereocenters. The van der Waals surface area contributed by atoms with Crippen molar-refractivity contribution in [3.8, 4) is 0 Å². The molecule has 236 valence electrons. The first-order chi connectivity index (χ1) is 20.6. The van der Waals surface area contributed by atoms with E-state index in [4.69, 9.17) is 23.2 Å². The Morgan fingerprint density at radius 1 is 0.930 bits per heavy atom. The molecule has 10 heteroatoms. The molecule has 2 aromatic rings. The van der Waals surface area contributed by atoms with Crippen molar-refractivity contribution < 1.29 is 18.4 Å². The fourth-order valence-corrected chi connectivity index (χ4v) is 7.00. The molecule has 0 radical (unpaired) electrons. The zero-order valence-electron chi connectivity index (χ0n) is 25.6. The Hall–Kier alpha value is -2.26. The molecule has 0 bridgehead atoms. The topological polar surface area (TPSA) is 47.1 Å². The molecular formula is C33H44Cl2F2N4O2. The Morgan fingerprint density at radius 3 is 2.21 bits per heavy atom. The van der Waals surface area contributed by atoms with E-state index in [0.29, 0.717) is 29.7 Å². The van der Waals surface area contributed by atoms with Gasteiger partial charge in [-0.15, -0.1) is 0 Å². The van der Waals surface area contributed by atoms with Crippen LogP contribution in [0, 0.1) is 11.6 Å². The van der Waals surface area contributed by atoms with Crippen molar-refractivity contribution in [2.75, 3.05) is 59.4 Å². The highest BCUT2D eigenvalue weighted by atomic mass is 35.5. The molecule has 2 aliphatic rings. The lowest BCUT2D eigenvalue weighted by atomic mass is 9.82. The van der Waals surface area contributed by atoms with Gasteiger partial charge in [0.2, 0.25) is 5.91 Å². The van der Waals surface area contributed by atoms with Gasteiger partial charge in [-0.05, 0) is 95.4 Å². The van der Waals surface area contributed by atoms with E-state index < -0.39 is 23.1 Å². The number of rotatable bonds is 11. The zero-order chi connectivity index (χ0) is 31.1. The van der Waals surface area contributed by atoms with E-state index in [2.05, 4.69) is 23.6 Å². The predicted molar refractivity (Wildman–Crippen MR) is 169 cm³/mol. The fourth-order valence-electron chi connectivity index (χ4n) is 6.69. The molecule has 0 aliphatic carbocycles. The van der Waals surface area contributed by atoms with Crippen molar-refractivity contribution in [1.82, 2.24) is 19.6 Å². The van der Waals surface area contributed by atoms with Crippen molar-refractivity contribution in [3.05, 3.63) is 69.2 Å². The highest BCUT2D eigenvalue weighted by Gasteiger charge is 2.47. The van der Waals surface area contributed by atoms with Gasteiger partial charge in [0.05, 0.1) is 15.6 Å². The number of carbonyl (C=O) groups is 2. The summed E-state index contributed by atoms with van der Waals surface area (Å²) in [5.74, 6) is -1.95. The van der Waals surface area contributed by atoms with Gasteiger partial charge in [-0.25, -0.2) is 8.78 Å². The Bertz CT molecular complexity index is 1260. The van der Waals surface area contributed by atoms with Crippen LogP contribution in [0.25, 0.3) is 0 Å². The van der Waals surface area contributed by atoms with Gasteiger partial charge in [-0.2, -0.15) is 0 Å². The first-order valence-electron chi connectivity index (χ1n) is 15.5. The Balaban J connectivity index is 1.47. The molecule has 2 heterocycles. The third-order valence-corrected chi connectivity index (χ3v) is 10.0. The Kier molecular flexibility index (Phi) is 11.8. The van der Waals surface area contributed by atoms with Gasteiger partial charge in [-0.1, -0.05) is 35.7 Å². The molecule has 4 rings (SSSR count). The lowest BCUT2D eigenvalue weighted by Crippen LogP contribution is -2.64. The maximum atomic E-state index is 14.4. The monoisotopic (exact) mass is 636 g/mol. The summed E-state index contributed by atoms with van der Waals surface area (Å²) in [6, 6.07) is 8.48. The van der Waals surface area contributed by atoms with Crippen LogP contribution in [0.2, 0.25) is 10.0 Å². The maximum Gasteiger partial charge on any atom is 0.256 e. The Labute approximate surface area is 264 Å². The standard InChI is InChI=1S/C33H44Cl2F2N4O2/c1-4-40(5-2)32(43)33(41-16-7-6-8-17-41)14-19-39(20-15-33)18-13-25(24-9-12-28(34)29(35)21-24)23-38(3)31(42)27-11-10-26(36)22-30(27)37/h9-12,21-22,25H,4-8,13-20,23H2,1-3H3. The molecule has 2 aliphatic heterocycles. The van der Waals surface area contributed by atoms with Crippen LogP contribution in [-0.2, 0) is 4.79 Å². The molecule has 2 amide bonds. The number of hydrogen-bond acceptors (Lipinski definition) is 4. The second kappa shape index (κ2) is 15.2. The highest BCUT2D eigenvalue weighted by Crippen LogP contribution is 2.35. The predicted octanol–water partition coefficient (Wildman–Crippen LogP) is 6.71. The lowest BCUT2D eigenvalue weighted by molar-refractivity contribution is -0.149. The molecule has 43 heavy (non-hydrogen) atoms. The molecule has 0 N–H and O–H groups in total. The summed E-state index contributed by atoms with van der Waals surface area (Å²) in [6.07, 6.45) is 5.80. The van der Waals surface area contributed by atoms with E-state index in [1.165, 1.54) is 17.4 Å². The minimum atomic E-state index is -0.882. The van der Waals surface area contributed by atoms with E-state index >= 15 is 0 Å². The summed E-state index contributed by atoms with van der Waals surface area (Å²) >= 11 is 12.6. The van der Waals surface area contributed by atoms with Crippen molar-refractivity contribution in [2.45, 2.75) is 63.8 Å². The number of likely N-dealkylation sites (N-methyl/N-ethyl adjacent to an activating group) is 2. The van der Waals surface area contributed by atoms with Gasteiger partial charge < -0.3 is 14.7 Å². The van der Waals surface area contributed by atoms with Crippen LogP contribution >= 0.6 is 23.2 Å². The van der Waals surface area contributed by atoms with E-state index in [-0.39, 0.29) is 17.4 Å². The van der Waals surface area contributed by atoms with E-state index in [1.54, 1.807) is 13.1 Å². The minimum absolute atomic E-state index is 0.0988. The summed E-state index contributed by atoms with van der Waals surface area (Å²) < 4.78 is 27.9. The van der Waals surface area contributed by atoms with Crippen LogP contribution in [0.1, 0.15) is 74.2 Å². The first kappa shape index (κ1) is 33.6.